The number of anilines is 1. The van der Waals surface area contributed by atoms with Gasteiger partial charge >= 0.3 is 0 Å². The molecule has 0 heterocycles. The van der Waals surface area contributed by atoms with Crippen LogP contribution in [0.5, 0.6) is 0 Å². The molecule has 0 fully saturated rings. The quantitative estimate of drug-likeness (QED) is 0.784. The van der Waals surface area contributed by atoms with Crippen molar-refractivity contribution in [3.05, 3.63) is 35.9 Å². The Morgan fingerprint density at radius 1 is 1.33 bits per heavy atom. The van der Waals surface area contributed by atoms with Gasteiger partial charge in [-0.15, -0.1) is 0 Å². The number of sulfonamides is 1. The lowest BCUT2D eigenvalue weighted by Gasteiger charge is -2.20. The maximum atomic E-state index is 11.6. The molecular formula is C13H18N2O2S. The van der Waals surface area contributed by atoms with Crippen LogP contribution in [0, 0.1) is 0 Å². The summed E-state index contributed by atoms with van der Waals surface area (Å²) in [7, 11) is -0.0404. The minimum absolute atomic E-state index is 0.646. The van der Waals surface area contributed by atoms with Gasteiger partial charge in [0, 0.05) is 25.9 Å². The fourth-order valence-corrected chi connectivity index (χ4v) is 2.13. The first-order valence-corrected chi connectivity index (χ1v) is 7.38. The molecule has 0 saturated heterocycles. The lowest BCUT2D eigenvalue weighted by atomic mass is 10.0. The first-order valence-electron chi connectivity index (χ1n) is 5.53. The van der Waals surface area contributed by atoms with Crippen LogP contribution < -0.4 is 4.31 Å². The summed E-state index contributed by atoms with van der Waals surface area (Å²) in [6, 6.07) is 7.36. The van der Waals surface area contributed by atoms with E-state index in [-0.39, 0.29) is 0 Å². The first-order chi connectivity index (χ1) is 8.41. The van der Waals surface area contributed by atoms with Crippen LogP contribution in [-0.4, -0.2) is 35.0 Å². The maximum Gasteiger partial charge on any atom is 0.232 e. The number of rotatable bonds is 4. The Balaban J connectivity index is 3.40. The Morgan fingerprint density at radius 3 is 2.44 bits per heavy atom. The minimum Gasteiger partial charge on any atom is -0.296 e. The van der Waals surface area contributed by atoms with Gasteiger partial charge in [-0.1, -0.05) is 24.3 Å². The van der Waals surface area contributed by atoms with Crippen LogP contribution in [-0.2, 0) is 10.0 Å². The van der Waals surface area contributed by atoms with E-state index in [2.05, 4.69) is 4.99 Å². The highest BCUT2D eigenvalue weighted by Gasteiger charge is 2.16. The molecule has 0 aliphatic heterocycles. The molecule has 0 spiro atoms. The third kappa shape index (κ3) is 3.20. The van der Waals surface area contributed by atoms with E-state index < -0.39 is 10.0 Å². The predicted octanol–water partition coefficient (Wildman–Crippen LogP) is 2.19. The average molecular weight is 266 g/mol. The van der Waals surface area contributed by atoms with E-state index in [1.807, 2.05) is 31.2 Å². The van der Waals surface area contributed by atoms with Gasteiger partial charge in [-0.3, -0.25) is 9.30 Å². The molecule has 0 aromatic heterocycles. The first kappa shape index (κ1) is 14.4. The maximum absolute atomic E-state index is 11.6. The van der Waals surface area contributed by atoms with Gasteiger partial charge in [-0.05, 0) is 18.6 Å². The zero-order chi connectivity index (χ0) is 13.8. The van der Waals surface area contributed by atoms with Crippen LogP contribution in [0.1, 0.15) is 12.5 Å². The topological polar surface area (TPSA) is 49.7 Å². The Morgan fingerprint density at radius 2 is 1.94 bits per heavy atom. The molecule has 0 unspecified atom stereocenters. The van der Waals surface area contributed by atoms with Crippen molar-refractivity contribution in [2.45, 2.75) is 6.92 Å². The molecule has 1 aromatic rings. The van der Waals surface area contributed by atoms with E-state index in [1.54, 1.807) is 26.4 Å². The Bertz CT molecular complexity index is 574. The molecule has 1 aromatic carbocycles. The summed E-state index contributed by atoms with van der Waals surface area (Å²) in [6.07, 6.45) is 4.81. The zero-order valence-electron chi connectivity index (χ0n) is 11.1. The van der Waals surface area contributed by atoms with Crippen molar-refractivity contribution in [3.8, 4) is 0 Å². The summed E-state index contributed by atoms with van der Waals surface area (Å²) in [6.45, 7) is 1.90. The fraction of sp³-hybridized carbons (Fsp3) is 0.308. The van der Waals surface area contributed by atoms with E-state index in [0.29, 0.717) is 5.69 Å². The Kier molecular flexibility index (Phi) is 4.67. The van der Waals surface area contributed by atoms with E-state index in [4.69, 9.17) is 0 Å². The third-order valence-corrected chi connectivity index (χ3v) is 3.82. The summed E-state index contributed by atoms with van der Waals surface area (Å²) in [5.41, 5.74) is 2.38. The van der Waals surface area contributed by atoms with E-state index in [9.17, 15) is 8.42 Å². The SMILES string of the molecule is C/C=C(\C=NC)c1ccccc1N(C)S(C)(=O)=O. The van der Waals surface area contributed by atoms with Crippen molar-refractivity contribution in [1.82, 2.24) is 0 Å². The third-order valence-electron chi connectivity index (χ3n) is 2.63. The molecule has 0 aliphatic rings. The number of hydrogen-bond acceptors (Lipinski definition) is 3. The minimum atomic E-state index is -3.27. The van der Waals surface area contributed by atoms with Crippen molar-refractivity contribution >= 4 is 27.5 Å². The van der Waals surface area contributed by atoms with Crippen LogP contribution >= 0.6 is 0 Å². The fourth-order valence-electron chi connectivity index (χ4n) is 1.61. The van der Waals surface area contributed by atoms with E-state index in [1.165, 1.54) is 10.6 Å². The average Bonchev–Trinajstić information content (AvgIpc) is 2.34. The van der Waals surface area contributed by atoms with Crippen molar-refractivity contribution in [1.29, 1.82) is 0 Å². The standard InChI is InChI=1S/C13H18N2O2S/c1-5-11(10-14-2)12-8-6-7-9-13(12)15(3)18(4,16)17/h5-10H,1-4H3/b11-5+,14-10?. The second kappa shape index (κ2) is 5.82. The second-order valence-corrected chi connectivity index (χ2v) is 5.89. The van der Waals surface area contributed by atoms with Gasteiger partial charge in [0.15, 0.2) is 0 Å². The van der Waals surface area contributed by atoms with Crippen LogP contribution in [0.15, 0.2) is 35.3 Å². The van der Waals surface area contributed by atoms with Crippen LogP contribution in [0.25, 0.3) is 5.57 Å². The summed E-state index contributed by atoms with van der Waals surface area (Å²) in [5, 5.41) is 0. The lowest BCUT2D eigenvalue weighted by Crippen LogP contribution is -2.25. The zero-order valence-corrected chi connectivity index (χ0v) is 11.9. The molecule has 0 amide bonds. The summed E-state index contributed by atoms with van der Waals surface area (Å²) < 4.78 is 24.5. The predicted molar refractivity (Wildman–Crippen MR) is 77.8 cm³/mol. The molecular weight excluding hydrogens is 248 g/mol. The number of benzene rings is 1. The van der Waals surface area contributed by atoms with Gasteiger partial charge in [0.25, 0.3) is 0 Å². The van der Waals surface area contributed by atoms with E-state index in [0.717, 1.165) is 11.1 Å². The number of allylic oxidation sites excluding steroid dienone is 2. The number of nitrogens with zero attached hydrogens (tertiary/aromatic N) is 2. The molecule has 0 aliphatic carbocycles. The Labute approximate surface area is 109 Å². The smallest absolute Gasteiger partial charge is 0.232 e. The summed E-state index contributed by atoms with van der Waals surface area (Å²) in [4.78, 5) is 3.98. The molecule has 18 heavy (non-hydrogen) atoms. The number of para-hydroxylation sites is 1. The molecule has 1 rings (SSSR count). The molecule has 5 heteroatoms. The molecule has 0 radical (unpaired) electrons. The molecule has 0 N–H and O–H groups in total. The van der Waals surface area contributed by atoms with Gasteiger partial charge in [-0.25, -0.2) is 8.42 Å². The van der Waals surface area contributed by atoms with Gasteiger partial charge in [-0.2, -0.15) is 0 Å². The van der Waals surface area contributed by atoms with Crippen LogP contribution in [0.3, 0.4) is 0 Å². The molecule has 98 valence electrons. The van der Waals surface area contributed by atoms with Gasteiger partial charge < -0.3 is 0 Å². The van der Waals surface area contributed by atoms with Crippen molar-refractivity contribution in [2.24, 2.45) is 4.99 Å². The highest BCUT2D eigenvalue weighted by Crippen LogP contribution is 2.26. The van der Waals surface area contributed by atoms with Gasteiger partial charge in [0.1, 0.15) is 0 Å². The number of aliphatic imine (C=N–C) groups is 1. The monoisotopic (exact) mass is 266 g/mol. The van der Waals surface area contributed by atoms with Crippen LogP contribution in [0.4, 0.5) is 5.69 Å². The Hall–Kier alpha value is -1.62. The highest BCUT2D eigenvalue weighted by atomic mass is 32.2. The molecule has 0 atom stereocenters. The van der Waals surface area contributed by atoms with Crippen molar-refractivity contribution in [2.75, 3.05) is 24.7 Å². The largest absolute Gasteiger partial charge is 0.296 e. The normalized spacial score (nSPS) is 13.0. The van der Waals surface area contributed by atoms with E-state index >= 15 is 0 Å². The highest BCUT2D eigenvalue weighted by molar-refractivity contribution is 7.92. The summed E-state index contributed by atoms with van der Waals surface area (Å²) >= 11 is 0. The van der Waals surface area contributed by atoms with Gasteiger partial charge in [0.05, 0.1) is 11.9 Å². The van der Waals surface area contributed by atoms with Crippen LogP contribution in [0.2, 0.25) is 0 Å². The lowest BCUT2D eigenvalue weighted by molar-refractivity contribution is 0.600. The van der Waals surface area contributed by atoms with Crippen molar-refractivity contribution in [3.63, 3.8) is 0 Å². The van der Waals surface area contributed by atoms with Crippen molar-refractivity contribution < 1.29 is 8.42 Å². The molecule has 0 bridgehead atoms. The van der Waals surface area contributed by atoms with Gasteiger partial charge in [0.2, 0.25) is 10.0 Å². The second-order valence-electron chi connectivity index (χ2n) is 3.88. The summed E-state index contributed by atoms with van der Waals surface area (Å²) in [5.74, 6) is 0. The number of hydrogen-bond donors (Lipinski definition) is 0. The molecule has 4 nitrogen and oxygen atoms in total. The molecule has 0 saturated carbocycles.